The average molecular weight is 411 g/mol. The van der Waals surface area contributed by atoms with Crippen molar-refractivity contribution in [2.75, 3.05) is 0 Å². The molecule has 0 bridgehead atoms. The van der Waals surface area contributed by atoms with Crippen molar-refractivity contribution < 1.29 is 13.2 Å². The van der Waals surface area contributed by atoms with Crippen molar-refractivity contribution in [3.63, 3.8) is 0 Å². The highest BCUT2D eigenvalue weighted by Gasteiger charge is 2.23. The Balaban J connectivity index is 2.08. The van der Waals surface area contributed by atoms with Crippen LogP contribution in [0.1, 0.15) is 15.9 Å². The molecule has 0 aliphatic carbocycles. The van der Waals surface area contributed by atoms with E-state index < -0.39 is 21.6 Å². The van der Waals surface area contributed by atoms with Crippen molar-refractivity contribution >= 4 is 39.1 Å². The standard InChI is InChI=1S/C17H12Cl2N2O4S/c1-11-2-5-13(6-3-11)26(24,25)21-9-8-20(17(21)23)16(22)14-10-12(18)4-7-15(14)19/h2-10H,1H3. The van der Waals surface area contributed by atoms with Gasteiger partial charge in [-0.25, -0.2) is 17.8 Å². The summed E-state index contributed by atoms with van der Waals surface area (Å²) < 4.78 is 26.5. The molecular weight excluding hydrogens is 399 g/mol. The normalized spacial score (nSPS) is 11.5. The molecule has 0 aliphatic heterocycles. The number of aryl methyl sites for hydroxylation is 1. The number of rotatable bonds is 3. The van der Waals surface area contributed by atoms with Gasteiger partial charge in [-0.05, 0) is 37.3 Å². The lowest BCUT2D eigenvalue weighted by Crippen LogP contribution is -2.32. The highest BCUT2D eigenvalue weighted by molar-refractivity contribution is 7.90. The lowest BCUT2D eigenvalue weighted by Gasteiger charge is -2.06. The lowest BCUT2D eigenvalue weighted by molar-refractivity contribution is 0.0956. The van der Waals surface area contributed by atoms with Gasteiger partial charge in [0.1, 0.15) is 0 Å². The highest BCUT2D eigenvalue weighted by Crippen LogP contribution is 2.21. The molecule has 0 saturated heterocycles. The summed E-state index contributed by atoms with van der Waals surface area (Å²) >= 11 is 11.8. The van der Waals surface area contributed by atoms with E-state index in [1.54, 1.807) is 12.1 Å². The third-order valence-electron chi connectivity index (χ3n) is 3.70. The lowest BCUT2D eigenvalue weighted by atomic mass is 10.2. The molecule has 0 N–H and O–H groups in total. The Bertz CT molecular complexity index is 1160. The molecule has 0 spiro atoms. The number of benzene rings is 2. The van der Waals surface area contributed by atoms with Crippen molar-refractivity contribution in [3.05, 3.63) is 86.5 Å². The second-order valence-corrected chi connectivity index (χ2v) is 8.15. The number of carbonyl (C=O) groups is 1. The van der Waals surface area contributed by atoms with Gasteiger partial charge in [-0.3, -0.25) is 4.79 Å². The number of halogens is 2. The molecule has 0 fully saturated rings. The van der Waals surface area contributed by atoms with Gasteiger partial charge in [-0.1, -0.05) is 40.9 Å². The zero-order valence-electron chi connectivity index (χ0n) is 13.4. The van der Waals surface area contributed by atoms with E-state index in [9.17, 15) is 18.0 Å². The van der Waals surface area contributed by atoms with Crippen LogP contribution in [0.2, 0.25) is 10.0 Å². The molecule has 26 heavy (non-hydrogen) atoms. The Morgan fingerprint density at radius 2 is 1.65 bits per heavy atom. The van der Waals surface area contributed by atoms with E-state index in [0.717, 1.165) is 18.0 Å². The third-order valence-corrected chi connectivity index (χ3v) is 5.93. The van der Waals surface area contributed by atoms with Crippen LogP contribution in [0.4, 0.5) is 0 Å². The molecule has 9 heteroatoms. The van der Waals surface area contributed by atoms with E-state index in [1.807, 2.05) is 6.92 Å². The minimum absolute atomic E-state index is 0.00764. The van der Waals surface area contributed by atoms with Gasteiger partial charge >= 0.3 is 5.69 Å². The summed E-state index contributed by atoms with van der Waals surface area (Å²) in [6, 6.07) is 10.2. The summed E-state index contributed by atoms with van der Waals surface area (Å²) in [5.74, 6) is -0.777. The summed E-state index contributed by atoms with van der Waals surface area (Å²) in [6.45, 7) is 1.81. The number of nitrogens with zero attached hydrogens (tertiary/aromatic N) is 2. The molecule has 2 aromatic carbocycles. The summed E-state index contributed by atoms with van der Waals surface area (Å²) in [5, 5.41) is 0.359. The van der Waals surface area contributed by atoms with Gasteiger partial charge in [-0.2, -0.15) is 3.97 Å². The number of aromatic nitrogens is 2. The van der Waals surface area contributed by atoms with Gasteiger partial charge in [0.05, 0.1) is 15.5 Å². The fraction of sp³-hybridized carbons (Fsp3) is 0.0588. The van der Waals surface area contributed by atoms with Gasteiger partial charge in [0.25, 0.3) is 15.9 Å². The van der Waals surface area contributed by atoms with Crippen LogP contribution >= 0.6 is 23.2 Å². The largest absolute Gasteiger partial charge is 0.349 e. The maximum atomic E-state index is 12.7. The quantitative estimate of drug-likeness (QED) is 0.663. The molecule has 1 heterocycles. The molecule has 0 amide bonds. The van der Waals surface area contributed by atoms with E-state index in [2.05, 4.69) is 0 Å². The maximum Gasteiger partial charge on any atom is 0.349 e. The van der Waals surface area contributed by atoms with Gasteiger partial charge in [0.2, 0.25) is 0 Å². The smallest absolute Gasteiger partial charge is 0.268 e. The van der Waals surface area contributed by atoms with Crippen molar-refractivity contribution in [3.8, 4) is 0 Å². The molecule has 0 saturated carbocycles. The third kappa shape index (κ3) is 3.21. The van der Waals surface area contributed by atoms with Crippen LogP contribution < -0.4 is 5.69 Å². The number of imidazole rings is 1. The molecule has 0 atom stereocenters. The number of hydrogen-bond donors (Lipinski definition) is 0. The Morgan fingerprint density at radius 1 is 1.00 bits per heavy atom. The predicted molar refractivity (Wildman–Crippen MR) is 98.6 cm³/mol. The summed E-state index contributed by atoms with van der Waals surface area (Å²) in [7, 11) is -4.13. The fourth-order valence-electron chi connectivity index (χ4n) is 2.31. The zero-order valence-corrected chi connectivity index (χ0v) is 15.7. The van der Waals surface area contributed by atoms with E-state index in [0.29, 0.717) is 8.54 Å². The first-order valence-electron chi connectivity index (χ1n) is 7.34. The topological polar surface area (TPSA) is 78.1 Å². The molecular formula is C17H12Cl2N2O4S. The Hall–Kier alpha value is -2.35. The number of carbonyl (C=O) groups excluding carboxylic acids is 1. The van der Waals surface area contributed by atoms with Crippen molar-refractivity contribution in [2.24, 2.45) is 0 Å². The van der Waals surface area contributed by atoms with Crippen LogP contribution in [-0.2, 0) is 10.0 Å². The first-order valence-corrected chi connectivity index (χ1v) is 9.53. The fourth-order valence-corrected chi connectivity index (χ4v) is 3.90. The molecule has 134 valence electrons. The molecule has 1 aromatic heterocycles. The Kier molecular flexibility index (Phi) is 4.79. The molecule has 0 radical (unpaired) electrons. The van der Waals surface area contributed by atoms with Gasteiger partial charge in [0, 0.05) is 17.4 Å². The summed E-state index contributed by atoms with van der Waals surface area (Å²) in [5.41, 5.74) is -0.155. The maximum absolute atomic E-state index is 12.7. The minimum atomic E-state index is -4.13. The van der Waals surface area contributed by atoms with E-state index in [4.69, 9.17) is 23.2 Å². The zero-order chi connectivity index (χ0) is 19.1. The summed E-state index contributed by atoms with van der Waals surface area (Å²) in [4.78, 5) is 25.0. The second-order valence-electron chi connectivity index (χ2n) is 5.49. The van der Waals surface area contributed by atoms with E-state index >= 15 is 0 Å². The van der Waals surface area contributed by atoms with Crippen molar-refractivity contribution in [1.82, 2.24) is 8.54 Å². The molecule has 6 nitrogen and oxygen atoms in total. The first-order chi connectivity index (χ1) is 12.2. The average Bonchev–Trinajstić information content (AvgIpc) is 2.99. The van der Waals surface area contributed by atoms with Gasteiger partial charge < -0.3 is 0 Å². The molecule has 3 rings (SSSR count). The SMILES string of the molecule is Cc1ccc(S(=O)(=O)n2ccn(C(=O)c3cc(Cl)ccc3Cl)c2=O)cc1. The van der Waals surface area contributed by atoms with E-state index in [1.165, 1.54) is 30.3 Å². The highest BCUT2D eigenvalue weighted by atomic mass is 35.5. The van der Waals surface area contributed by atoms with Crippen LogP contribution in [0.3, 0.4) is 0 Å². The van der Waals surface area contributed by atoms with Crippen LogP contribution in [0.15, 0.2) is 64.5 Å². The Morgan fingerprint density at radius 3 is 2.31 bits per heavy atom. The second kappa shape index (κ2) is 6.75. The predicted octanol–water partition coefficient (Wildman–Crippen LogP) is 3.19. The van der Waals surface area contributed by atoms with Crippen LogP contribution in [0.5, 0.6) is 0 Å². The monoisotopic (exact) mass is 410 g/mol. The number of hydrogen-bond acceptors (Lipinski definition) is 4. The Labute approximate surface area is 159 Å². The molecule has 0 aliphatic rings. The van der Waals surface area contributed by atoms with Crippen molar-refractivity contribution in [2.45, 2.75) is 11.8 Å². The molecule has 0 unspecified atom stereocenters. The van der Waals surface area contributed by atoms with Gasteiger partial charge in [0.15, 0.2) is 0 Å². The first kappa shape index (κ1) is 18.4. The van der Waals surface area contributed by atoms with Crippen molar-refractivity contribution in [1.29, 1.82) is 0 Å². The molecule has 3 aromatic rings. The minimum Gasteiger partial charge on any atom is -0.268 e. The van der Waals surface area contributed by atoms with Crippen LogP contribution in [-0.4, -0.2) is 22.9 Å². The summed E-state index contributed by atoms with van der Waals surface area (Å²) in [6.07, 6.45) is 2.10. The van der Waals surface area contributed by atoms with Crippen LogP contribution in [0.25, 0.3) is 0 Å². The van der Waals surface area contributed by atoms with Gasteiger partial charge in [-0.15, -0.1) is 0 Å². The van der Waals surface area contributed by atoms with Crippen LogP contribution in [0, 0.1) is 6.92 Å². The van der Waals surface area contributed by atoms with E-state index in [-0.39, 0.29) is 20.5 Å².